The summed E-state index contributed by atoms with van der Waals surface area (Å²) in [5, 5.41) is 0. The van der Waals surface area contributed by atoms with Crippen LogP contribution in [-0.2, 0) is 0 Å². The van der Waals surface area contributed by atoms with Crippen molar-refractivity contribution in [2.45, 2.75) is 6.42 Å². The van der Waals surface area contributed by atoms with E-state index in [0.29, 0.717) is 18.1 Å². The quantitative estimate of drug-likeness (QED) is 0.728. The first-order chi connectivity index (χ1) is 6.75. The Morgan fingerprint density at radius 3 is 2.86 bits per heavy atom. The van der Waals surface area contributed by atoms with E-state index in [1.165, 1.54) is 6.20 Å². The van der Waals surface area contributed by atoms with Crippen LogP contribution in [0, 0.1) is 0 Å². The Balaban J connectivity index is 2.16. The number of anilines is 2. The third-order valence-corrected chi connectivity index (χ3v) is 2.09. The second-order valence-electron chi connectivity index (χ2n) is 3.16. The minimum Gasteiger partial charge on any atom is -0.382 e. The molecule has 5 heteroatoms. The summed E-state index contributed by atoms with van der Waals surface area (Å²) in [5.41, 5.74) is 5.41. The maximum Gasteiger partial charge on any atom is 0.147 e. The van der Waals surface area contributed by atoms with Crippen LogP contribution in [0.4, 0.5) is 16.0 Å². The van der Waals surface area contributed by atoms with E-state index in [-0.39, 0.29) is 12.4 Å². The minimum atomic E-state index is -0.116. The first-order valence-electron chi connectivity index (χ1n) is 4.43. The molecule has 1 aliphatic heterocycles. The molecule has 0 aromatic carbocycles. The lowest BCUT2D eigenvalue weighted by atomic mass is 10.2. The van der Waals surface area contributed by atoms with Crippen molar-refractivity contribution in [2.75, 3.05) is 23.7 Å². The molecular formula is C9H11FN4. The predicted octanol–water partition coefficient (Wildman–Crippen LogP) is 1.12. The average molecular weight is 194 g/mol. The monoisotopic (exact) mass is 194 g/mol. The third-order valence-electron chi connectivity index (χ3n) is 2.09. The Bertz CT molecular complexity index is 346. The fourth-order valence-electron chi connectivity index (χ4n) is 1.39. The van der Waals surface area contributed by atoms with Gasteiger partial charge in [-0.2, -0.15) is 0 Å². The van der Waals surface area contributed by atoms with Gasteiger partial charge in [0.05, 0.1) is 18.9 Å². The zero-order chi connectivity index (χ0) is 9.97. The van der Waals surface area contributed by atoms with Crippen molar-refractivity contribution in [3.63, 3.8) is 0 Å². The highest BCUT2D eigenvalue weighted by Gasteiger charge is 2.13. The molecule has 1 aliphatic rings. The SMILES string of the molecule is Nc1cnc(N2CCC=C(F)C2)cn1. The average Bonchev–Trinajstić information content (AvgIpc) is 2.19. The zero-order valence-electron chi connectivity index (χ0n) is 7.65. The Morgan fingerprint density at radius 1 is 1.36 bits per heavy atom. The molecular weight excluding hydrogens is 183 g/mol. The molecule has 2 heterocycles. The van der Waals surface area contributed by atoms with Crippen LogP contribution in [0.2, 0.25) is 0 Å². The second-order valence-corrected chi connectivity index (χ2v) is 3.16. The fourth-order valence-corrected chi connectivity index (χ4v) is 1.39. The first-order valence-corrected chi connectivity index (χ1v) is 4.43. The van der Waals surface area contributed by atoms with Crippen LogP contribution in [-0.4, -0.2) is 23.1 Å². The summed E-state index contributed by atoms with van der Waals surface area (Å²) in [6, 6.07) is 0. The molecule has 14 heavy (non-hydrogen) atoms. The molecule has 4 nitrogen and oxygen atoms in total. The van der Waals surface area contributed by atoms with Crippen LogP contribution in [0.15, 0.2) is 24.3 Å². The molecule has 0 unspecified atom stereocenters. The van der Waals surface area contributed by atoms with Gasteiger partial charge in [-0.1, -0.05) is 0 Å². The number of rotatable bonds is 1. The molecule has 74 valence electrons. The van der Waals surface area contributed by atoms with E-state index in [4.69, 9.17) is 5.73 Å². The number of nitrogen functional groups attached to an aromatic ring is 1. The van der Waals surface area contributed by atoms with Crippen molar-refractivity contribution in [3.05, 3.63) is 24.3 Å². The second kappa shape index (κ2) is 3.61. The van der Waals surface area contributed by atoms with Crippen LogP contribution >= 0.6 is 0 Å². The summed E-state index contributed by atoms with van der Waals surface area (Å²) < 4.78 is 12.9. The fraction of sp³-hybridized carbons (Fsp3) is 0.333. The van der Waals surface area contributed by atoms with Crippen LogP contribution in [0.1, 0.15) is 6.42 Å². The summed E-state index contributed by atoms with van der Waals surface area (Å²) in [6.45, 7) is 1.05. The van der Waals surface area contributed by atoms with Gasteiger partial charge in [0.25, 0.3) is 0 Å². The lowest BCUT2D eigenvalue weighted by Gasteiger charge is -2.24. The highest BCUT2D eigenvalue weighted by molar-refractivity contribution is 5.41. The normalized spacial score (nSPS) is 16.6. The molecule has 0 radical (unpaired) electrons. The third kappa shape index (κ3) is 1.81. The van der Waals surface area contributed by atoms with Gasteiger partial charge in [-0.05, 0) is 12.5 Å². The largest absolute Gasteiger partial charge is 0.382 e. The molecule has 0 aliphatic carbocycles. The van der Waals surface area contributed by atoms with E-state index < -0.39 is 0 Å². The highest BCUT2D eigenvalue weighted by Crippen LogP contribution is 2.17. The van der Waals surface area contributed by atoms with E-state index in [0.717, 1.165) is 6.54 Å². The van der Waals surface area contributed by atoms with E-state index >= 15 is 0 Å². The van der Waals surface area contributed by atoms with Crippen LogP contribution < -0.4 is 10.6 Å². The van der Waals surface area contributed by atoms with Crippen molar-refractivity contribution >= 4 is 11.6 Å². The van der Waals surface area contributed by atoms with Crippen molar-refractivity contribution in [3.8, 4) is 0 Å². The molecule has 0 spiro atoms. The van der Waals surface area contributed by atoms with Crippen molar-refractivity contribution in [1.29, 1.82) is 0 Å². The molecule has 1 aromatic heterocycles. The summed E-state index contributed by atoms with van der Waals surface area (Å²) in [4.78, 5) is 9.83. The molecule has 2 N–H and O–H groups in total. The maximum atomic E-state index is 12.9. The molecule has 1 aromatic rings. The lowest BCUT2D eigenvalue weighted by Crippen LogP contribution is -2.29. The van der Waals surface area contributed by atoms with Crippen molar-refractivity contribution in [1.82, 2.24) is 9.97 Å². The number of halogens is 1. The summed E-state index contributed by atoms with van der Waals surface area (Å²) in [6.07, 6.45) is 5.35. The van der Waals surface area contributed by atoms with Gasteiger partial charge >= 0.3 is 0 Å². The van der Waals surface area contributed by atoms with Gasteiger partial charge in [0, 0.05) is 6.54 Å². The van der Waals surface area contributed by atoms with Gasteiger partial charge in [0.15, 0.2) is 0 Å². The molecule has 0 bridgehead atoms. The molecule has 0 saturated carbocycles. The van der Waals surface area contributed by atoms with Gasteiger partial charge < -0.3 is 10.6 Å². The highest BCUT2D eigenvalue weighted by atomic mass is 19.1. The molecule has 0 saturated heterocycles. The van der Waals surface area contributed by atoms with Gasteiger partial charge in [0.1, 0.15) is 17.5 Å². The summed E-state index contributed by atoms with van der Waals surface area (Å²) in [5.74, 6) is 0.930. The topological polar surface area (TPSA) is 55.0 Å². The molecule has 0 fully saturated rings. The molecule has 2 rings (SSSR count). The van der Waals surface area contributed by atoms with Gasteiger partial charge in [-0.15, -0.1) is 0 Å². The Morgan fingerprint density at radius 2 is 2.21 bits per heavy atom. The molecule has 0 amide bonds. The Labute approximate surface area is 81.3 Å². The Kier molecular flexibility index (Phi) is 2.30. The standard InChI is InChI=1S/C9H11FN4/c10-7-2-1-3-14(6-7)9-5-12-8(11)4-13-9/h2,4-5H,1,3,6H2,(H2,11,12). The van der Waals surface area contributed by atoms with Gasteiger partial charge in [0.2, 0.25) is 0 Å². The smallest absolute Gasteiger partial charge is 0.147 e. The van der Waals surface area contributed by atoms with E-state index in [1.807, 2.05) is 4.90 Å². The number of hydrogen-bond acceptors (Lipinski definition) is 4. The first kappa shape index (κ1) is 8.93. The van der Waals surface area contributed by atoms with E-state index in [2.05, 4.69) is 9.97 Å². The number of aromatic nitrogens is 2. The number of nitrogens with zero attached hydrogens (tertiary/aromatic N) is 3. The van der Waals surface area contributed by atoms with Crippen LogP contribution in [0.25, 0.3) is 0 Å². The van der Waals surface area contributed by atoms with Crippen LogP contribution in [0.3, 0.4) is 0 Å². The zero-order valence-corrected chi connectivity index (χ0v) is 7.65. The minimum absolute atomic E-state index is 0.116. The van der Waals surface area contributed by atoms with Crippen LogP contribution in [0.5, 0.6) is 0 Å². The van der Waals surface area contributed by atoms with Crippen molar-refractivity contribution < 1.29 is 4.39 Å². The molecule has 0 atom stereocenters. The maximum absolute atomic E-state index is 12.9. The van der Waals surface area contributed by atoms with Crippen molar-refractivity contribution in [2.24, 2.45) is 0 Å². The summed E-state index contributed by atoms with van der Waals surface area (Å²) in [7, 11) is 0. The lowest BCUT2D eigenvalue weighted by molar-refractivity contribution is 0.572. The Hall–Kier alpha value is -1.65. The van der Waals surface area contributed by atoms with Gasteiger partial charge in [-0.3, -0.25) is 0 Å². The number of hydrogen-bond donors (Lipinski definition) is 1. The number of nitrogens with two attached hydrogens (primary N) is 1. The predicted molar refractivity (Wildman–Crippen MR) is 52.5 cm³/mol. The van der Waals surface area contributed by atoms with Gasteiger partial charge in [-0.25, -0.2) is 14.4 Å². The summed E-state index contributed by atoms with van der Waals surface area (Å²) >= 11 is 0. The van der Waals surface area contributed by atoms with E-state index in [9.17, 15) is 4.39 Å². The van der Waals surface area contributed by atoms with E-state index in [1.54, 1.807) is 12.3 Å².